The first kappa shape index (κ1) is 18.5. The summed E-state index contributed by atoms with van der Waals surface area (Å²) < 4.78 is 0. The number of aliphatic imine (C=N–C) groups is 1. The Morgan fingerprint density at radius 1 is 1.00 bits per heavy atom. The first-order valence-electron chi connectivity index (χ1n) is 8.64. The molecule has 0 aliphatic carbocycles. The molecule has 26 heavy (non-hydrogen) atoms. The zero-order chi connectivity index (χ0) is 18.4. The van der Waals surface area contributed by atoms with Gasteiger partial charge in [-0.05, 0) is 47.8 Å². The fraction of sp³-hybridized carbons (Fsp3) is 0.182. The molecule has 0 amide bonds. The zero-order valence-corrected chi connectivity index (χ0v) is 16.1. The Morgan fingerprint density at radius 2 is 1.62 bits per heavy atom. The summed E-state index contributed by atoms with van der Waals surface area (Å²) in [5.41, 5.74) is 6.08. The maximum atomic E-state index is 6.33. The minimum absolute atomic E-state index is 0.546. The SMILES string of the molecule is CCCCc1ccc(-c2ccc(-c3ncc(N=C=S)cc3Cl)cc2)cc1. The van der Waals surface area contributed by atoms with Gasteiger partial charge in [-0.2, -0.15) is 4.99 Å². The van der Waals surface area contributed by atoms with Crippen molar-refractivity contribution < 1.29 is 0 Å². The molecular formula is C22H19ClN2S. The van der Waals surface area contributed by atoms with E-state index in [0.717, 1.165) is 17.7 Å². The largest absolute Gasteiger partial charge is 0.252 e. The fourth-order valence-electron chi connectivity index (χ4n) is 2.82. The molecule has 0 spiro atoms. The van der Waals surface area contributed by atoms with Crippen LogP contribution in [0.1, 0.15) is 25.3 Å². The minimum atomic E-state index is 0.546. The van der Waals surface area contributed by atoms with E-state index in [4.69, 9.17) is 11.6 Å². The second-order valence-corrected chi connectivity index (χ2v) is 6.69. The number of nitrogens with zero attached hydrogens (tertiary/aromatic N) is 2. The lowest BCUT2D eigenvalue weighted by Gasteiger charge is -2.07. The van der Waals surface area contributed by atoms with Gasteiger partial charge in [-0.1, -0.05) is 73.5 Å². The van der Waals surface area contributed by atoms with E-state index in [-0.39, 0.29) is 0 Å². The van der Waals surface area contributed by atoms with Crippen molar-refractivity contribution >= 4 is 34.7 Å². The van der Waals surface area contributed by atoms with Crippen LogP contribution in [-0.4, -0.2) is 10.1 Å². The van der Waals surface area contributed by atoms with Gasteiger partial charge in [0, 0.05) is 5.56 Å². The number of aryl methyl sites for hydroxylation is 1. The highest BCUT2D eigenvalue weighted by molar-refractivity contribution is 7.78. The van der Waals surface area contributed by atoms with Crippen molar-refractivity contribution in [2.75, 3.05) is 0 Å². The van der Waals surface area contributed by atoms with Gasteiger partial charge < -0.3 is 0 Å². The molecule has 0 N–H and O–H groups in total. The smallest absolute Gasteiger partial charge is 0.0937 e. The maximum absolute atomic E-state index is 6.33. The number of isothiocyanates is 1. The van der Waals surface area contributed by atoms with E-state index >= 15 is 0 Å². The molecule has 0 fully saturated rings. The number of hydrogen-bond donors (Lipinski definition) is 0. The van der Waals surface area contributed by atoms with Gasteiger partial charge >= 0.3 is 0 Å². The predicted octanol–water partition coefficient (Wildman–Crippen LogP) is 7.15. The average molecular weight is 379 g/mol. The highest BCUT2D eigenvalue weighted by Gasteiger charge is 2.07. The van der Waals surface area contributed by atoms with Crippen LogP contribution in [0.5, 0.6) is 0 Å². The molecule has 1 heterocycles. The molecule has 0 bridgehead atoms. The molecule has 3 rings (SSSR count). The van der Waals surface area contributed by atoms with Gasteiger partial charge in [0.25, 0.3) is 0 Å². The van der Waals surface area contributed by atoms with Gasteiger partial charge in [-0.3, -0.25) is 4.98 Å². The van der Waals surface area contributed by atoms with Crippen molar-refractivity contribution in [2.45, 2.75) is 26.2 Å². The number of unbranched alkanes of at least 4 members (excludes halogenated alkanes) is 1. The van der Waals surface area contributed by atoms with Gasteiger partial charge in [0.05, 0.1) is 27.8 Å². The summed E-state index contributed by atoms with van der Waals surface area (Å²) in [6.45, 7) is 2.22. The molecule has 0 unspecified atom stereocenters. The standard InChI is InChI=1S/C22H19ClN2S/c1-2-3-4-16-5-7-17(8-6-16)18-9-11-19(12-10-18)22-21(23)13-20(14-24-22)25-15-26/h5-14H,2-4H2,1H3. The number of rotatable bonds is 6. The molecule has 0 saturated carbocycles. The number of pyridine rings is 1. The van der Waals surface area contributed by atoms with Crippen molar-refractivity contribution in [1.82, 2.24) is 4.98 Å². The van der Waals surface area contributed by atoms with E-state index in [2.05, 4.69) is 70.7 Å². The van der Waals surface area contributed by atoms with E-state index in [9.17, 15) is 0 Å². The summed E-state index contributed by atoms with van der Waals surface area (Å²) in [5, 5.41) is 2.87. The third-order valence-corrected chi connectivity index (χ3v) is 4.65. The second-order valence-electron chi connectivity index (χ2n) is 6.10. The fourth-order valence-corrected chi connectivity index (χ4v) is 3.19. The van der Waals surface area contributed by atoms with Crippen LogP contribution in [0.3, 0.4) is 0 Å². The van der Waals surface area contributed by atoms with Gasteiger partial charge in [0.1, 0.15) is 0 Å². The molecular weight excluding hydrogens is 360 g/mol. The Bertz CT molecular complexity index is 927. The van der Waals surface area contributed by atoms with Gasteiger partial charge in [-0.25, -0.2) is 0 Å². The molecule has 0 saturated heterocycles. The number of benzene rings is 2. The maximum Gasteiger partial charge on any atom is 0.0937 e. The lowest BCUT2D eigenvalue weighted by atomic mass is 10.00. The van der Waals surface area contributed by atoms with Crippen molar-refractivity contribution in [3.8, 4) is 22.4 Å². The van der Waals surface area contributed by atoms with E-state index in [0.29, 0.717) is 10.7 Å². The Kier molecular flexibility index (Phi) is 6.30. The summed E-state index contributed by atoms with van der Waals surface area (Å²) in [5.74, 6) is 0. The monoisotopic (exact) mass is 378 g/mol. The van der Waals surface area contributed by atoms with E-state index in [1.165, 1.54) is 29.5 Å². The third kappa shape index (κ3) is 4.44. The van der Waals surface area contributed by atoms with Crippen LogP contribution in [0, 0.1) is 0 Å². The van der Waals surface area contributed by atoms with Crippen molar-refractivity contribution in [1.29, 1.82) is 0 Å². The lowest BCUT2D eigenvalue weighted by molar-refractivity contribution is 0.795. The van der Waals surface area contributed by atoms with Gasteiger partial charge in [-0.15, -0.1) is 0 Å². The highest BCUT2D eigenvalue weighted by Crippen LogP contribution is 2.30. The van der Waals surface area contributed by atoms with Crippen LogP contribution in [0.4, 0.5) is 5.69 Å². The molecule has 3 aromatic rings. The van der Waals surface area contributed by atoms with Crippen LogP contribution in [0.25, 0.3) is 22.4 Å². The normalized spacial score (nSPS) is 10.4. The summed E-state index contributed by atoms with van der Waals surface area (Å²) in [6, 6.07) is 18.8. The molecule has 130 valence electrons. The molecule has 2 aromatic carbocycles. The Hall–Kier alpha value is -2.32. The van der Waals surface area contributed by atoms with E-state index in [1.54, 1.807) is 12.3 Å². The summed E-state index contributed by atoms with van der Waals surface area (Å²) in [6.07, 6.45) is 5.24. The van der Waals surface area contributed by atoms with Gasteiger partial charge in [0.15, 0.2) is 0 Å². The van der Waals surface area contributed by atoms with Crippen LogP contribution >= 0.6 is 23.8 Å². The lowest BCUT2D eigenvalue weighted by Crippen LogP contribution is -1.87. The van der Waals surface area contributed by atoms with Crippen molar-refractivity contribution in [3.63, 3.8) is 0 Å². The van der Waals surface area contributed by atoms with E-state index in [1.807, 2.05) is 12.1 Å². The Morgan fingerprint density at radius 3 is 2.19 bits per heavy atom. The highest BCUT2D eigenvalue weighted by atomic mass is 35.5. The minimum Gasteiger partial charge on any atom is -0.252 e. The molecule has 2 nitrogen and oxygen atoms in total. The molecule has 1 aromatic heterocycles. The van der Waals surface area contributed by atoms with Crippen LogP contribution in [0.15, 0.2) is 65.8 Å². The average Bonchev–Trinajstić information content (AvgIpc) is 2.67. The van der Waals surface area contributed by atoms with Gasteiger partial charge in [0.2, 0.25) is 0 Å². The molecule has 0 radical (unpaired) electrons. The zero-order valence-electron chi connectivity index (χ0n) is 14.6. The van der Waals surface area contributed by atoms with Crippen LogP contribution in [-0.2, 0) is 6.42 Å². The first-order chi connectivity index (χ1) is 12.7. The first-order valence-corrected chi connectivity index (χ1v) is 9.43. The molecule has 0 atom stereocenters. The number of hydrogen-bond acceptors (Lipinski definition) is 3. The second kappa shape index (κ2) is 8.86. The third-order valence-electron chi connectivity index (χ3n) is 4.27. The summed E-state index contributed by atoms with van der Waals surface area (Å²) in [7, 11) is 0. The van der Waals surface area contributed by atoms with Crippen molar-refractivity contribution in [3.05, 3.63) is 71.4 Å². The number of thiocarbonyl (C=S) groups is 1. The number of aromatic nitrogens is 1. The Balaban J connectivity index is 1.81. The van der Waals surface area contributed by atoms with E-state index < -0.39 is 0 Å². The predicted molar refractivity (Wildman–Crippen MR) is 113 cm³/mol. The number of halogens is 1. The quantitative estimate of drug-likeness (QED) is 0.336. The van der Waals surface area contributed by atoms with Crippen LogP contribution < -0.4 is 0 Å². The van der Waals surface area contributed by atoms with Crippen LogP contribution in [0.2, 0.25) is 5.02 Å². The Labute approximate surface area is 164 Å². The molecule has 4 heteroatoms. The topological polar surface area (TPSA) is 25.2 Å². The summed E-state index contributed by atoms with van der Waals surface area (Å²) in [4.78, 5) is 8.30. The molecule has 0 aliphatic heterocycles. The van der Waals surface area contributed by atoms with Crippen molar-refractivity contribution in [2.24, 2.45) is 4.99 Å². The summed E-state index contributed by atoms with van der Waals surface area (Å²) >= 11 is 10.9. The molecule has 0 aliphatic rings.